The second kappa shape index (κ2) is 10.1. The molecular formula is C28H26ClN5OS. The minimum atomic E-state index is -0.229. The summed E-state index contributed by atoms with van der Waals surface area (Å²) in [6.07, 6.45) is 1.77. The third kappa shape index (κ3) is 4.72. The lowest BCUT2D eigenvalue weighted by Crippen LogP contribution is -2.37. The van der Waals surface area contributed by atoms with Gasteiger partial charge in [0.05, 0.1) is 17.8 Å². The molecular weight excluding hydrogens is 490 g/mol. The number of hydrogen-bond acceptors (Lipinski definition) is 3. The zero-order valence-corrected chi connectivity index (χ0v) is 21.6. The minimum absolute atomic E-state index is 0.107. The van der Waals surface area contributed by atoms with Crippen molar-refractivity contribution in [1.29, 1.82) is 0 Å². The van der Waals surface area contributed by atoms with Crippen LogP contribution < -0.4 is 10.6 Å². The molecule has 1 aliphatic heterocycles. The molecule has 5 rings (SSSR count). The molecule has 36 heavy (non-hydrogen) atoms. The van der Waals surface area contributed by atoms with Crippen LogP contribution in [-0.2, 0) is 4.79 Å². The quantitative estimate of drug-likeness (QED) is 0.320. The fourth-order valence-corrected chi connectivity index (χ4v) is 5.38. The smallest absolute Gasteiger partial charge is 0.244 e. The van der Waals surface area contributed by atoms with Gasteiger partial charge in [-0.1, -0.05) is 41.9 Å². The summed E-state index contributed by atoms with van der Waals surface area (Å²) in [6.45, 7) is 4.26. The Bertz CT molecular complexity index is 1410. The number of benzene rings is 2. The number of nitrogens with zero attached hydrogens (tertiary/aromatic N) is 3. The van der Waals surface area contributed by atoms with Gasteiger partial charge in [0.2, 0.25) is 5.91 Å². The highest BCUT2D eigenvalue weighted by Gasteiger charge is 2.42. The van der Waals surface area contributed by atoms with Crippen molar-refractivity contribution in [3.8, 4) is 5.69 Å². The highest BCUT2D eigenvalue weighted by Crippen LogP contribution is 2.41. The molecule has 2 N–H and O–H groups in total. The van der Waals surface area contributed by atoms with Crippen molar-refractivity contribution in [3.63, 3.8) is 0 Å². The third-order valence-corrected chi connectivity index (χ3v) is 7.01. The Hall–Kier alpha value is -3.68. The van der Waals surface area contributed by atoms with Crippen LogP contribution in [0.2, 0.25) is 5.02 Å². The first kappa shape index (κ1) is 24.0. The Kier molecular flexibility index (Phi) is 6.76. The van der Waals surface area contributed by atoms with E-state index in [0.29, 0.717) is 10.1 Å². The van der Waals surface area contributed by atoms with E-state index in [4.69, 9.17) is 23.8 Å². The van der Waals surface area contributed by atoms with Gasteiger partial charge in [-0.2, -0.15) is 0 Å². The van der Waals surface area contributed by atoms with Crippen LogP contribution in [0.15, 0.2) is 85.1 Å². The molecule has 1 aliphatic rings. The minimum Gasteiger partial charge on any atom is -0.352 e. The number of aromatic nitrogens is 2. The second-order valence-corrected chi connectivity index (χ2v) is 9.63. The van der Waals surface area contributed by atoms with Crippen LogP contribution in [-0.4, -0.2) is 32.0 Å². The molecule has 1 fully saturated rings. The van der Waals surface area contributed by atoms with Gasteiger partial charge in [-0.25, -0.2) is 0 Å². The van der Waals surface area contributed by atoms with E-state index in [1.807, 2.05) is 77.7 Å². The van der Waals surface area contributed by atoms with E-state index >= 15 is 0 Å². The lowest BCUT2D eigenvalue weighted by Gasteiger charge is -2.27. The number of para-hydroxylation sites is 1. The summed E-state index contributed by atoms with van der Waals surface area (Å²) < 4.78 is 2.18. The molecule has 2 aromatic carbocycles. The van der Waals surface area contributed by atoms with Crippen LogP contribution >= 0.6 is 23.8 Å². The van der Waals surface area contributed by atoms with Crippen molar-refractivity contribution in [2.45, 2.75) is 25.9 Å². The molecule has 8 heteroatoms. The summed E-state index contributed by atoms with van der Waals surface area (Å²) >= 11 is 12.1. The molecule has 0 spiro atoms. The van der Waals surface area contributed by atoms with Gasteiger partial charge >= 0.3 is 0 Å². The van der Waals surface area contributed by atoms with Crippen LogP contribution in [0.4, 0.5) is 5.69 Å². The fraction of sp³-hybridized carbons (Fsp3) is 0.179. The number of amides is 1. The van der Waals surface area contributed by atoms with Crippen molar-refractivity contribution >= 4 is 40.5 Å². The number of rotatable bonds is 6. The van der Waals surface area contributed by atoms with E-state index in [1.54, 1.807) is 6.20 Å². The Labute approximate surface area is 220 Å². The monoisotopic (exact) mass is 515 g/mol. The van der Waals surface area contributed by atoms with Crippen LogP contribution in [0.3, 0.4) is 0 Å². The maximum Gasteiger partial charge on any atom is 0.244 e. The lowest BCUT2D eigenvalue weighted by atomic mass is 9.96. The summed E-state index contributed by atoms with van der Waals surface area (Å²) in [5, 5.41) is 7.60. The van der Waals surface area contributed by atoms with E-state index in [2.05, 4.69) is 40.1 Å². The predicted molar refractivity (Wildman–Crippen MR) is 147 cm³/mol. The fourth-order valence-electron chi connectivity index (χ4n) is 4.89. The first-order chi connectivity index (χ1) is 17.4. The normalized spacial score (nSPS) is 17.2. The van der Waals surface area contributed by atoms with E-state index < -0.39 is 0 Å². The highest BCUT2D eigenvalue weighted by molar-refractivity contribution is 7.80. The van der Waals surface area contributed by atoms with Crippen molar-refractivity contribution < 1.29 is 4.79 Å². The molecule has 2 aromatic heterocycles. The molecule has 182 valence electrons. The summed E-state index contributed by atoms with van der Waals surface area (Å²) in [4.78, 5) is 19.6. The first-order valence-corrected chi connectivity index (χ1v) is 12.5. The number of halogens is 1. The van der Waals surface area contributed by atoms with Gasteiger partial charge in [-0.05, 0) is 80.2 Å². The van der Waals surface area contributed by atoms with Crippen LogP contribution in [0.1, 0.15) is 34.7 Å². The van der Waals surface area contributed by atoms with Crippen molar-refractivity contribution in [1.82, 2.24) is 19.8 Å². The number of thiocarbonyl (C=S) groups is 1. The van der Waals surface area contributed by atoms with Crippen LogP contribution in [0, 0.1) is 13.8 Å². The summed E-state index contributed by atoms with van der Waals surface area (Å²) in [7, 11) is 0. The molecule has 0 bridgehead atoms. The predicted octanol–water partition coefficient (Wildman–Crippen LogP) is 5.75. The van der Waals surface area contributed by atoms with Crippen LogP contribution in [0.5, 0.6) is 0 Å². The zero-order chi connectivity index (χ0) is 25.2. The maximum absolute atomic E-state index is 13.1. The Morgan fingerprint density at radius 1 is 1.06 bits per heavy atom. The number of hydrogen-bond donors (Lipinski definition) is 2. The SMILES string of the molecule is Cc1cc([C@@H]2[C@H](c3ccccn3)NC(=S)N2CC(=O)Nc2ccccc2)c(C)n1-c1cccc(Cl)c1. The number of carbonyl (C=O) groups excluding carboxylic acids is 1. The van der Waals surface area contributed by atoms with Gasteiger partial charge in [0.15, 0.2) is 5.11 Å². The largest absolute Gasteiger partial charge is 0.352 e. The van der Waals surface area contributed by atoms with E-state index in [1.165, 1.54) is 0 Å². The lowest BCUT2D eigenvalue weighted by molar-refractivity contribution is -0.116. The van der Waals surface area contributed by atoms with Gasteiger partial charge in [0, 0.05) is 34.0 Å². The molecule has 2 atom stereocenters. The average Bonchev–Trinajstić information content (AvgIpc) is 3.35. The van der Waals surface area contributed by atoms with Crippen molar-refractivity contribution in [3.05, 3.63) is 113 Å². The van der Waals surface area contributed by atoms with Crippen molar-refractivity contribution in [2.75, 3.05) is 11.9 Å². The molecule has 6 nitrogen and oxygen atoms in total. The number of anilines is 1. The van der Waals surface area contributed by atoms with Crippen molar-refractivity contribution in [2.24, 2.45) is 0 Å². The van der Waals surface area contributed by atoms with Gasteiger partial charge in [-0.15, -0.1) is 0 Å². The summed E-state index contributed by atoms with van der Waals surface area (Å²) in [5.41, 5.74) is 5.79. The number of aryl methyl sites for hydroxylation is 1. The second-order valence-electron chi connectivity index (χ2n) is 8.81. The molecule has 3 heterocycles. The molecule has 0 saturated carbocycles. The third-order valence-electron chi connectivity index (χ3n) is 6.42. The molecule has 0 unspecified atom stereocenters. The Balaban J connectivity index is 1.54. The topological polar surface area (TPSA) is 62.2 Å². The molecule has 1 amide bonds. The zero-order valence-electron chi connectivity index (χ0n) is 20.0. The van der Waals surface area contributed by atoms with Crippen LogP contribution in [0.25, 0.3) is 5.69 Å². The standard InChI is InChI=1S/C28H26ClN5OS/c1-18-15-23(19(2)34(18)22-12-8-9-20(29)16-22)27-26(24-13-6-7-14-30-24)32-28(36)33(27)17-25(35)31-21-10-4-3-5-11-21/h3-16,26-27H,17H2,1-2H3,(H,31,35)(H,32,36)/t26-,27+/m0/s1. The number of nitrogens with one attached hydrogen (secondary N) is 2. The molecule has 0 radical (unpaired) electrons. The van der Waals surface area contributed by atoms with Gasteiger partial charge in [0.25, 0.3) is 0 Å². The van der Waals surface area contributed by atoms with Gasteiger partial charge in [-0.3, -0.25) is 9.78 Å². The number of carbonyl (C=O) groups is 1. The van der Waals surface area contributed by atoms with E-state index in [9.17, 15) is 4.79 Å². The summed E-state index contributed by atoms with van der Waals surface area (Å²) in [6, 6.07) is 24.8. The summed E-state index contributed by atoms with van der Waals surface area (Å²) in [5.74, 6) is -0.138. The highest BCUT2D eigenvalue weighted by atomic mass is 35.5. The average molecular weight is 516 g/mol. The Morgan fingerprint density at radius 3 is 2.56 bits per heavy atom. The van der Waals surface area contributed by atoms with Gasteiger partial charge < -0.3 is 20.1 Å². The molecule has 0 aliphatic carbocycles. The maximum atomic E-state index is 13.1. The van der Waals surface area contributed by atoms with E-state index in [-0.39, 0.29) is 24.5 Å². The van der Waals surface area contributed by atoms with E-state index in [0.717, 1.165) is 34.0 Å². The number of pyridine rings is 1. The Morgan fingerprint density at radius 2 is 1.83 bits per heavy atom. The first-order valence-electron chi connectivity index (χ1n) is 11.7. The van der Waals surface area contributed by atoms with Gasteiger partial charge in [0.1, 0.15) is 6.54 Å². The molecule has 4 aromatic rings. The molecule has 1 saturated heterocycles.